The summed E-state index contributed by atoms with van der Waals surface area (Å²) < 4.78 is 0. The molecule has 2 saturated heterocycles. The van der Waals surface area contributed by atoms with Gasteiger partial charge in [0.05, 0.1) is 6.54 Å². The lowest BCUT2D eigenvalue weighted by Gasteiger charge is -2.33. The highest BCUT2D eigenvalue weighted by Gasteiger charge is 2.30. The number of rotatable bonds is 5. The van der Waals surface area contributed by atoms with Crippen molar-refractivity contribution in [3.8, 4) is 0 Å². The van der Waals surface area contributed by atoms with Gasteiger partial charge in [-0.2, -0.15) is 0 Å². The summed E-state index contributed by atoms with van der Waals surface area (Å²) in [5.41, 5.74) is 0. The summed E-state index contributed by atoms with van der Waals surface area (Å²) in [6.07, 6.45) is 4.09. The van der Waals surface area contributed by atoms with Crippen molar-refractivity contribution in [2.45, 2.75) is 52.5 Å². The fourth-order valence-electron chi connectivity index (χ4n) is 3.20. The zero-order chi connectivity index (χ0) is 16.1. The molecule has 2 fully saturated rings. The molecule has 2 rings (SSSR count). The fourth-order valence-corrected chi connectivity index (χ4v) is 3.20. The molecule has 126 valence electrons. The molecule has 0 radical (unpaired) electrons. The highest BCUT2D eigenvalue weighted by Crippen LogP contribution is 2.21. The molecule has 0 aromatic rings. The number of likely N-dealkylation sites (tertiary alicyclic amines) is 2. The average molecular weight is 309 g/mol. The van der Waals surface area contributed by atoms with E-state index in [-0.39, 0.29) is 17.9 Å². The Morgan fingerprint density at radius 3 is 2.18 bits per heavy atom. The molecule has 1 N–H and O–H groups in total. The number of amides is 2. The van der Waals surface area contributed by atoms with Gasteiger partial charge >= 0.3 is 0 Å². The van der Waals surface area contributed by atoms with Gasteiger partial charge in [-0.1, -0.05) is 13.8 Å². The Bertz CT molecular complexity index is 383. The van der Waals surface area contributed by atoms with Gasteiger partial charge < -0.3 is 10.2 Å². The molecule has 0 bridgehead atoms. The minimum Gasteiger partial charge on any atom is -0.352 e. The fraction of sp³-hybridized carbons (Fsp3) is 0.882. The van der Waals surface area contributed by atoms with Crippen molar-refractivity contribution in [2.75, 3.05) is 32.7 Å². The second kappa shape index (κ2) is 7.95. The first-order valence-electron chi connectivity index (χ1n) is 8.78. The van der Waals surface area contributed by atoms with E-state index >= 15 is 0 Å². The van der Waals surface area contributed by atoms with E-state index in [0.29, 0.717) is 18.4 Å². The number of carbonyl (C=O) groups is 2. The first-order valence-corrected chi connectivity index (χ1v) is 8.78. The maximum Gasteiger partial charge on any atom is 0.234 e. The predicted molar refractivity (Wildman–Crippen MR) is 87.4 cm³/mol. The highest BCUT2D eigenvalue weighted by molar-refractivity contribution is 5.80. The molecule has 5 heteroatoms. The summed E-state index contributed by atoms with van der Waals surface area (Å²) >= 11 is 0. The normalized spacial score (nSPS) is 22.1. The highest BCUT2D eigenvalue weighted by atomic mass is 16.2. The summed E-state index contributed by atoms with van der Waals surface area (Å²) in [5.74, 6) is 1.07. The molecule has 0 aromatic heterocycles. The Morgan fingerprint density at radius 1 is 1.05 bits per heavy atom. The van der Waals surface area contributed by atoms with Crippen LogP contribution < -0.4 is 5.32 Å². The molecule has 2 aliphatic rings. The van der Waals surface area contributed by atoms with Crippen molar-refractivity contribution in [3.05, 3.63) is 0 Å². The summed E-state index contributed by atoms with van der Waals surface area (Å²) in [4.78, 5) is 28.6. The summed E-state index contributed by atoms with van der Waals surface area (Å²) in [5, 5.41) is 3.05. The van der Waals surface area contributed by atoms with Gasteiger partial charge in [0.1, 0.15) is 0 Å². The van der Waals surface area contributed by atoms with Crippen molar-refractivity contribution in [2.24, 2.45) is 11.8 Å². The summed E-state index contributed by atoms with van der Waals surface area (Å²) in [7, 11) is 0. The molecular formula is C17H31N3O2. The minimum atomic E-state index is 0.102. The van der Waals surface area contributed by atoms with Crippen molar-refractivity contribution in [1.29, 1.82) is 0 Å². The van der Waals surface area contributed by atoms with Crippen LogP contribution in [0.5, 0.6) is 0 Å². The number of hydrogen-bond acceptors (Lipinski definition) is 3. The third-order valence-electron chi connectivity index (χ3n) is 5.11. The van der Waals surface area contributed by atoms with Crippen LogP contribution in [0.3, 0.4) is 0 Å². The number of nitrogens with one attached hydrogen (secondary N) is 1. The van der Waals surface area contributed by atoms with Crippen LogP contribution in [0.4, 0.5) is 0 Å². The van der Waals surface area contributed by atoms with Crippen LogP contribution in [0.1, 0.15) is 46.5 Å². The lowest BCUT2D eigenvalue weighted by molar-refractivity contribution is -0.136. The first-order chi connectivity index (χ1) is 10.5. The topological polar surface area (TPSA) is 52.7 Å². The third kappa shape index (κ3) is 4.70. The van der Waals surface area contributed by atoms with E-state index in [4.69, 9.17) is 0 Å². The van der Waals surface area contributed by atoms with Gasteiger partial charge in [-0.05, 0) is 51.6 Å². The molecule has 1 unspecified atom stereocenters. The van der Waals surface area contributed by atoms with E-state index in [1.165, 1.54) is 0 Å². The number of nitrogens with zero attached hydrogens (tertiary/aromatic N) is 2. The molecule has 0 spiro atoms. The smallest absolute Gasteiger partial charge is 0.234 e. The average Bonchev–Trinajstić information content (AvgIpc) is 3.01. The van der Waals surface area contributed by atoms with Gasteiger partial charge in [-0.25, -0.2) is 0 Å². The quantitative estimate of drug-likeness (QED) is 0.837. The van der Waals surface area contributed by atoms with Gasteiger partial charge in [-0.3, -0.25) is 14.5 Å². The van der Waals surface area contributed by atoms with Crippen molar-refractivity contribution >= 4 is 11.8 Å². The first kappa shape index (κ1) is 17.3. The molecular weight excluding hydrogens is 278 g/mol. The van der Waals surface area contributed by atoms with Crippen molar-refractivity contribution in [1.82, 2.24) is 15.1 Å². The third-order valence-corrected chi connectivity index (χ3v) is 5.11. The van der Waals surface area contributed by atoms with E-state index in [1.54, 1.807) is 0 Å². The van der Waals surface area contributed by atoms with E-state index in [2.05, 4.69) is 24.1 Å². The number of piperidine rings is 1. The largest absolute Gasteiger partial charge is 0.352 e. The molecule has 0 saturated carbocycles. The van der Waals surface area contributed by atoms with Crippen molar-refractivity contribution < 1.29 is 9.59 Å². The zero-order valence-corrected chi connectivity index (χ0v) is 14.3. The van der Waals surface area contributed by atoms with E-state index in [0.717, 1.165) is 51.9 Å². The predicted octanol–water partition coefficient (Wildman–Crippen LogP) is 1.48. The molecule has 0 aromatic carbocycles. The standard InChI is InChI=1S/C17H31N3O2/c1-13(2)14(3)18-16(21)12-19-10-6-15(7-11-19)17(22)20-8-4-5-9-20/h13-15H,4-12H2,1-3H3,(H,18,21). The molecule has 5 nitrogen and oxygen atoms in total. The van der Waals surface area contributed by atoms with Crippen LogP contribution in [0.15, 0.2) is 0 Å². The second-order valence-corrected chi connectivity index (χ2v) is 7.18. The lowest BCUT2D eigenvalue weighted by atomic mass is 9.95. The van der Waals surface area contributed by atoms with E-state index < -0.39 is 0 Å². The van der Waals surface area contributed by atoms with Gasteiger partial charge in [-0.15, -0.1) is 0 Å². The minimum absolute atomic E-state index is 0.102. The van der Waals surface area contributed by atoms with Crippen LogP contribution in [0, 0.1) is 11.8 Å². The van der Waals surface area contributed by atoms with Gasteiger partial charge in [0, 0.05) is 25.0 Å². The monoisotopic (exact) mass is 309 g/mol. The van der Waals surface area contributed by atoms with E-state index in [1.807, 2.05) is 11.8 Å². The van der Waals surface area contributed by atoms with Crippen LogP contribution in [0.2, 0.25) is 0 Å². The van der Waals surface area contributed by atoms with Crippen LogP contribution >= 0.6 is 0 Å². The number of hydrogen-bond donors (Lipinski definition) is 1. The SMILES string of the molecule is CC(C)C(C)NC(=O)CN1CCC(C(=O)N2CCCC2)CC1. The lowest BCUT2D eigenvalue weighted by Crippen LogP contribution is -2.47. The molecule has 2 amide bonds. The van der Waals surface area contributed by atoms with Gasteiger partial charge in [0.2, 0.25) is 11.8 Å². The Hall–Kier alpha value is -1.10. The maximum atomic E-state index is 12.4. The Morgan fingerprint density at radius 2 is 1.64 bits per heavy atom. The Labute approximate surface area is 134 Å². The van der Waals surface area contributed by atoms with Crippen LogP contribution in [0.25, 0.3) is 0 Å². The van der Waals surface area contributed by atoms with Crippen LogP contribution in [-0.4, -0.2) is 60.4 Å². The molecule has 22 heavy (non-hydrogen) atoms. The summed E-state index contributed by atoms with van der Waals surface area (Å²) in [6, 6.07) is 0.210. The molecule has 0 aliphatic carbocycles. The molecule has 2 aliphatic heterocycles. The Balaban J connectivity index is 1.70. The van der Waals surface area contributed by atoms with Gasteiger partial charge in [0.15, 0.2) is 0 Å². The molecule has 2 heterocycles. The number of carbonyl (C=O) groups excluding carboxylic acids is 2. The second-order valence-electron chi connectivity index (χ2n) is 7.18. The maximum absolute atomic E-state index is 12.4. The molecule has 1 atom stereocenters. The van der Waals surface area contributed by atoms with Gasteiger partial charge in [0.25, 0.3) is 0 Å². The van der Waals surface area contributed by atoms with Crippen molar-refractivity contribution in [3.63, 3.8) is 0 Å². The summed E-state index contributed by atoms with van der Waals surface area (Å²) in [6.45, 7) is 10.3. The Kier molecular flexibility index (Phi) is 6.24. The zero-order valence-electron chi connectivity index (χ0n) is 14.3. The van der Waals surface area contributed by atoms with Crippen LogP contribution in [-0.2, 0) is 9.59 Å². The van der Waals surface area contributed by atoms with E-state index in [9.17, 15) is 9.59 Å².